The average molecular weight is 506 g/mol. The number of rotatable bonds is 9. The number of hydrogen-bond acceptors (Lipinski definition) is 8. The molecule has 0 spiro atoms. The van der Waals surface area contributed by atoms with E-state index in [-0.39, 0.29) is 12.8 Å². The molecular formula is C28H31N3O6. The molecule has 0 saturated heterocycles. The molecule has 1 amide bonds. The Morgan fingerprint density at radius 2 is 1.51 bits per heavy atom. The van der Waals surface area contributed by atoms with Crippen LogP contribution in [-0.4, -0.2) is 52.3 Å². The Morgan fingerprint density at radius 3 is 2.14 bits per heavy atom. The first-order chi connectivity index (χ1) is 17.9. The number of anilines is 2. The third-order valence-corrected chi connectivity index (χ3v) is 5.80. The lowest BCUT2D eigenvalue weighted by Gasteiger charge is -2.28. The second kappa shape index (κ2) is 11.1. The molecular weight excluding hydrogens is 474 g/mol. The largest absolute Gasteiger partial charge is 0.493 e. The fourth-order valence-corrected chi connectivity index (χ4v) is 4.14. The fraction of sp³-hybridized carbons (Fsp3) is 0.286. The van der Waals surface area contributed by atoms with Crippen LogP contribution in [0.5, 0.6) is 23.0 Å². The normalized spacial score (nSPS) is 10.9. The number of pyridine rings is 1. The maximum absolute atomic E-state index is 12.4. The van der Waals surface area contributed by atoms with Crippen LogP contribution in [0.25, 0.3) is 21.8 Å². The maximum Gasteiger partial charge on any atom is 0.409 e. The zero-order chi connectivity index (χ0) is 26.5. The highest BCUT2D eigenvalue weighted by Gasteiger charge is 2.24. The molecule has 0 unspecified atom stereocenters. The number of methoxy groups -OCH3 is 4. The molecule has 0 radical (unpaired) electrons. The van der Waals surface area contributed by atoms with Gasteiger partial charge >= 0.3 is 6.09 Å². The first-order valence-electron chi connectivity index (χ1n) is 11.8. The smallest absolute Gasteiger partial charge is 0.409 e. The van der Waals surface area contributed by atoms with Crippen molar-refractivity contribution in [1.29, 1.82) is 0 Å². The van der Waals surface area contributed by atoms with Crippen molar-refractivity contribution in [1.82, 2.24) is 10.3 Å². The summed E-state index contributed by atoms with van der Waals surface area (Å²) in [6.45, 7) is 3.66. The number of nitrogens with one attached hydrogen (secondary N) is 1. The molecule has 9 heteroatoms. The molecule has 0 bridgehead atoms. The molecule has 9 nitrogen and oxygen atoms in total. The van der Waals surface area contributed by atoms with E-state index in [2.05, 4.69) is 5.32 Å². The lowest BCUT2D eigenvalue weighted by Crippen LogP contribution is -2.34. The SMILES string of the molecule is COc1cc2cc3c(N(COC(=O)NC(C)C)c4ccccc4)c(OC)c(OC)cc3nc2cc1OC. The highest BCUT2D eigenvalue weighted by Crippen LogP contribution is 2.47. The summed E-state index contributed by atoms with van der Waals surface area (Å²) in [4.78, 5) is 19.2. The molecule has 3 aromatic carbocycles. The van der Waals surface area contributed by atoms with Crippen LogP contribution in [-0.2, 0) is 4.74 Å². The highest BCUT2D eigenvalue weighted by atomic mass is 16.6. The van der Waals surface area contributed by atoms with Gasteiger partial charge in [0.15, 0.2) is 29.7 Å². The van der Waals surface area contributed by atoms with Crippen LogP contribution >= 0.6 is 0 Å². The number of ether oxygens (including phenoxy) is 5. The summed E-state index contributed by atoms with van der Waals surface area (Å²) in [5.41, 5.74) is 2.83. The minimum absolute atomic E-state index is 0.0626. The van der Waals surface area contributed by atoms with Gasteiger partial charge in [-0.1, -0.05) is 18.2 Å². The summed E-state index contributed by atoms with van der Waals surface area (Å²) in [6.07, 6.45) is -0.525. The van der Waals surface area contributed by atoms with Crippen molar-refractivity contribution in [2.24, 2.45) is 0 Å². The number of carbonyl (C=O) groups excluding carboxylic acids is 1. The van der Waals surface area contributed by atoms with Crippen LogP contribution in [0.3, 0.4) is 0 Å². The lowest BCUT2D eigenvalue weighted by atomic mass is 10.1. The van der Waals surface area contributed by atoms with E-state index in [4.69, 9.17) is 28.7 Å². The van der Waals surface area contributed by atoms with Crippen LogP contribution in [0, 0.1) is 0 Å². The molecule has 0 aliphatic rings. The van der Waals surface area contributed by atoms with Crippen molar-refractivity contribution in [2.75, 3.05) is 40.1 Å². The predicted molar refractivity (Wildman–Crippen MR) is 144 cm³/mol. The predicted octanol–water partition coefficient (Wildman–Crippen LogP) is 5.65. The number of amides is 1. The van der Waals surface area contributed by atoms with Gasteiger partial charge in [-0.2, -0.15) is 0 Å². The first kappa shape index (κ1) is 25.7. The standard InChI is InChI=1S/C28H31N3O6/c1-17(2)29-28(32)37-16-31(19-10-8-7-9-11-19)26-20-12-18-13-23(33-3)24(34-4)14-21(18)30-22(20)15-25(35-5)27(26)36-6/h7-15,17H,16H2,1-6H3,(H,29,32). The number of aromatic nitrogens is 1. The lowest BCUT2D eigenvalue weighted by molar-refractivity contribution is 0.146. The summed E-state index contributed by atoms with van der Waals surface area (Å²) < 4.78 is 28.1. The van der Waals surface area contributed by atoms with E-state index in [0.29, 0.717) is 34.2 Å². The molecule has 1 heterocycles. The van der Waals surface area contributed by atoms with Gasteiger partial charge in [0.05, 0.1) is 45.2 Å². The number of nitrogens with zero attached hydrogens (tertiary/aromatic N) is 2. The Bertz CT molecular complexity index is 1410. The van der Waals surface area contributed by atoms with Crippen LogP contribution in [0.15, 0.2) is 54.6 Å². The zero-order valence-electron chi connectivity index (χ0n) is 21.8. The van der Waals surface area contributed by atoms with E-state index in [9.17, 15) is 4.79 Å². The number of carbonyl (C=O) groups is 1. The number of fused-ring (bicyclic) bond motifs is 2. The molecule has 37 heavy (non-hydrogen) atoms. The van der Waals surface area contributed by atoms with Crippen molar-refractivity contribution in [2.45, 2.75) is 19.9 Å². The quantitative estimate of drug-likeness (QED) is 0.230. The van der Waals surface area contributed by atoms with Gasteiger partial charge in [-0.3, -0.25) is 0 Å². The Hall–Kier alpha value is -4.40. The van der Waals surface area contributed by atoms with Gasteiger partial charge in [-0.05, 0) is 38.1 Å². The molecule has 4 rings (SSSR count). The molecule has 0 aliphatic carbocycles. The van der Waals surface area contributed by atoms with Gasteiger partial charge in [0, 0.05) is 34.6 Å². The first-order valence-corrected chi connectivity index (χ1v) is 11.8. The van der Waals surface area contributed by atoms with E-state index >= 15 is 0 Å². The summed E-state index contributed by atoms with van der Waals surface area (Å²) in [7, 11) is 6.32. The van der Waals surface area contributed by atoms with Crippen molar-refractivity contribution >= 4 is 39.3 Å². The van der Waals surface area contributed by atoms with E-state index in [0.717, 1.165) is 22.0 Å². The monoisotopic (exact) mass is 505 g/mol. The number of hydrogen-bond donors (Lipinski definition) is 1. The summed E-state index contributed by atoms with van der Waals surface area (Å²) in [6, 6.07) is 17.1. The third-order valence-electron chi connectivity index (χ3n) is 5.80. The van der Waals surface area contributed by atoms with E-state index in [1.54, 1.807) is 28.4 Å². The minimum Gasteiger partial charge on any atom is -0.493 e. The summed E-state index contributed by atoms with van der Waals surface area (Å²) in [5, 5.41) is 4.37. The van der Waals surface area contributed by atoms with Crippen LogP contribution in [0.4, 0.5) is 16.2 Å². The Morgan fingerprint density at radius 1 is 0.865 bits per heavy atom. The molecule has 1 aromatic heterocycles. The van der Waals surface area contributed by atoms with E-state index < -0.39 is 6.09 Å². The van der Waals surface area contributed by atoms with Crippen molar-refractivity contribution < 1.29 is 28.5 Å². The molecule has 4 aromatic rings. The van der Waals surface area contributed by atoms with E-state index in [1.165, 1.54) is 0 Å². The van der Waals surface area contributed by atoms with E-state index in [1.807, 2.05) is 73.3 Å². The third kappa shape index (κ3) is 5.25. The van der Waals surface area contributed by atoms with Gasteiger partial charge in [-0.25, -0.2) is 9.78 Å². The Labute approximate surface area is 215 Å². The molecule has 0 fully saturated rings. The fourth-order valence-electron chi connectivity index (χ4n) is 4.14. The molecule has 0 aliphatic heterocycles. The van der Waals surface area contributed by atoms with Crippen molar-refractivity contribution in [3.63, 3.8) is 0 Å². The van der Waals surface area contributed by atoms with Gasteiger partial charge in [-0.15, -0.1) is 0 Å². The van der Waals surface area contributed by atoms with Crippen LogP contribution < -0.4 is 29.2 Å². The Balaban J connectivity index is 1.98. The van der Waals surface area contributed by atoms with Crippen LogP contribution in [0.2, 0.25) is 0 Å². The highest BCUT2D eigenvalue weighted by molar-refractivity contribution is 6.05. The average Bonchev–Trinajstić information content (AvgIpc) is 2.90. The molecule has 1 N–H and O–H groups in total. The molecule has 194 valence electrons. The second-order valence-electron chi connectivity index (χ2n) is 8.54. The number of benzene rings is 3. The van der Waals surface area contributed by atoms with Gasteiger partial charge in [0.1, 0.15) is 0 Å². The number of para-hydroxylation sites is 1. The maximum atomic E-state index is 12.4. The molecule has 0 saturated carbocycles. The minimum atomic E-state index is -0.525. The van der Waals surface area contributed by atoms with Gasteiger partial charge in [0.2, 0.25) is 0 Å². The summed E-state index contributed by atoms with van der Waals surface area (Å²) in [5.74, 6) is 2.14. The summed E-state index contributed by atoms with van der Waals surface area (Å²) >= 11 is 0. The van der Waals surface area contributed by atoms with Crippen molar-refractivity contribution in [3.8, 4) is 23.0 Å². The van der Waals surface area contributed by atoms with Crippen molar-refractivity contribution in [3.05, 3.63) is 54.6 Å². The molecule has 0 atom stereocenters. The Kier molecular flexibility index (Phi) is 7.71. The van der Waals surface area contributed by atoms with Gasteiger partial charge < -0.3 is 33.9 Å². The van der Waals surface area contributed by atoms with Crippen LogP contribution in [0.1, 0.15) is 13.8 Å². The van der Waals surface area contributed by atoms with Gasteiger partial charge in [0.25, 0.3) is 0 Å². The second-order valence-corrected chi connectivity index (χ2v) is 8.54. The zero-order valence-corrected chi connectivity index (χ0v) is 21.8. The topological polar surface area (TPSA) is 91.4 Å². The number of alkyl carbamates (subject to hydrolysis) is 1.